The van der Waals surface area contributed by atoms with Crippen molar-refractivity contribution in [1.82, 2.24) is 0 Å². The summed E-state index contributed by atoms with van der Waals surface area (Å²) in [6.45, 7) is 5.43. The second-order valence-electron chi connectivity index (χ2n) is 4.04. The molecule has 0 amide bonds. The van der Waals surface area contributed by atoms with E-state index in [0.29, 0.717) is 5.56 Å². The summed E-state index contributed by atoms with van der Waals surface area (Å²) in [5.41, 5.74) is 1.07. The van der Waals surface area contributed by atoms with Crippen LogP contribution in [-0.2, 0) is 0 Å². The Kier molecular flexibility index (Phi) is 3.32. The summed E-state index contributed by atoms with van der Waals surface area (Å²) in [6, 6.07) is 3.11. The third-order valence-corrected chi connectivity index (χ3v) is 2.38. The molecule has 16 heavy (non-hydrogen) atoms. The van der Waals surface area contributed by atoms with E-state index < -0.39 is 11.9 Å². The van der Waals surface area contributed by atoms with E-state index in [1.165, 1.54) is 6.07 Å². The SMILES string of the molecule is Cc1cc(C(=O)O)c(C(=O)O)c(C(C)C)c1. The first-order valence-electron chi connectivity index (χ1n) is 4.95. The molecule has 0 saturated carbocycles. The van der Waals surface area contributed by atoms with E-state index in [1.54, 1.807) is 13.0 Å². The molecule has 86 valence electrons. The number of carboxylic acid groups (broad SMARTS) is 2. The van der Waals surface area contributed by atoms with Gasteiger partial charge in [0.2, 0.25) is 0 Å². The van der Waals surface area contributed by atoms with Gasteiger partial charge in [0.15, 0.2) is 0 Å². The van der Waals surface area contributed by atoms with Crippen molar-refractivity contribution in [2.45, 2.75) is 26.7 Å². The molecule has 1 rings (SSSR count). The average Bonchev–Trinajstić information content (AvgIpc) is 2.15. The molecular weight excluding hydrogens is 208 g/mol. The maximum atomic E-state index is 11.1. The van der Waals surface area contributed by atoms with Crippen LogP contribution in [0.15, 0.2) is 12.1 Å². The molecule has 0 aromatic heterocycles. The van der Waals surface area contributed by atoms with Gasteiger partial charge in [0.05, 0.1) is 11.1 Å². The summed E-state index contributed by atoms with van der Waals surface area (Å²) < 4.78 is 0. The molecule has 2 N–H and O–H groups in total. The minimum absolute atomic E-state index is 0.0240. The van der Waals surface area contributed by atoms with Crippen LogP contribution < -0.4 is 0 Å². The Hall–Kier alpha value is -1.84. The summed E-state index contributed by atoms with van der Waals surface area (Å²) in [5, 5.41) is 18.1. The molecule has 0 heterocycles. The van der Waals surface area contributed by atoms with Crippen LogP contribution >= 0.6 is 0 Å². The lowest BCUT2D eigenvalue weighted by atomic mass is 9.91. The molecule has 0 radical (unpaired) electrons. The quantitative estimate of drug-likeness (QED) is 0.824. The van der Waals surface area contributed by atoms with E-state index in [9.17, 15) is 9.59 Å². The summed E-state index contributed by atoms with van der Waals surface area (Å²) in [4.78, 5) is 22.1. The van der Waals surface area contributed by atoms with Crippen LogP contribution in [0.1, 0.15) is 51.6 Å². The van der Waals surface area contributed by atoms with Crippen LogP contribution in [0.3, 0.4) is 0 Å². The van der Waals surface area contributed by atoms with E-state index >= 15 is 0 Å². The Morgan fingerprint density at radius 3 is 2.06 bits per heavy atom. The molecule has 0 aliphatic heterocycles. The fourth-order valence-electron chi connectivity index (χ4n) is 1.68. The average molecular weight is 222 g/mol. The van der Waals surface area contributed by atoms with Gasteiger partial charge < -0.3 is 10.2 Å². The van der Waals surface area contributed by atoms with Crippen molar-refractivity contribution in [3.05, 3.63) is 34.4 Å². The van der Waals surface area contributed by atoms with Gasteiger partial charge >= 0.3 is 11.9 Å². The van der Waals surface area contributed by atoms with Crippen molar-refractivity contribution in [2.75, 3.05) is 0 Å². The van der Waals surface area contributed by atoms with Gasteiger partial charge in [-0.25, -0.2) is 9.59 Å². The topological polar surface area (TPSA) is 74.6 Å². The number of rotatable bonds is 3. The molecule has 0 spiro atoms. The monoisotopic (exact) mass is 222 g/mol. The maximum Gasteiger partial charge on any atom is 0.336 e. The zero-order valence-electron chi connectivity index (χ0n) is 9.44. The van der Waals surface area contributed by atoms with Crippen LogP contribution in [0.4, 0.5) is 0 Å². The van der Waals surface area contributed by atoms with Gasteiger partial charge in [-0.2, -0.15) is 0 Å². The highest BCUT2D eigenvalue weighted by Crippen LogP contribution is 2.24. The zero-order chi connectivity index (χ0) is 12.5. The third kappa shape index (κ3) is 2.21. The molecule has 0 bridgehead atoms. The van der Waals surface area contributed by atoms with Gasteiger partial charge in [0.1, 0.15) is 0 Å². The Balaban J connectivity index is 3.60. The van der Waals surface area contributed by atoms with Crippen LogP contribution in [0.25, 0.3) is 0 Å². The lowest BCUT2D eigenvalue weighted by Crippen LogP contribution is -2.13. The van der Waals surface area contributed by atoms with Gasteiger partial charge in [0.25, 0.3) is 0 Å². The molecular formula is C12H14O4. The van der Waals surface area contributed by atoms with Crippen LogP contribution in [-0.4, -0.2) is 22.2 Å². The van der Waals surface area contributed by atoms with E-state index in [-0.39, 0.29) is 17.0 Å². The molecule has 4 nitrogen and oxygen atoms in total. The lowest BCUT2D eigenvalue weighted by molar-refractivity contribution is 0.0650. The number of aryl methyl sites for hydroxylation is 1. The van der Waals surface area contributed by atoms with Gasteiger partial charge in [0, 0.05) is 0 Å². The van der Waals surface area contributed by atoms with Crippen molar-refractivity contribution < 1.29 is 19.8 Å². The van der Waals surface area contributed by atoms with E-state index in [4.69, 9.17) is 10.2 Å². The molecule has 1 aromatic carbocycles. The molecule has 1 aromatic rings. The lowest BCUT2D eigenvalue weighted by Gasteiger charge is -2.13. The normalized spacial score (nSPS) is 10.5. The molecule has 0 aliphatic rings. The van der Waals surface area contributed by atoms with Gasteiger partial charge in [-0.3, -0.25) is 0 Å². The molecule has 0 aliphatic carbocycles. The van der Waals surface area contributed by atoms with E-state index in [0.717, 1.165) is 5.56 Å². The number of hydrogen-bond acceptors (Lipinski definition) is 2. The Labute approximate surface area is 93.5 Å². The second-order valence-corrected chi connectivity index (χ2v) is 4.04. The van der Waals surface area contributed by atoms with Crippen molar-refractivity contribution in [1.29, 1.82) is 0 Å². The number of aromatic carboxylic acids is 2. The Morgan fingerprint density at radius 2 is 1.69 bits per heavy atom. The Morgan fingerprint density at radius 1 is 1.12 bits per heavy atom. The minimum Gasteiger partial charge on any atom is -0.478 e. The first kappa shape index (κ1) is 12.2. The fourth-order valence-corrected chi connectivity index (χ4v) is 1.68. The largest absolute Gasteiger partial charge is 0.478 e. The standard InChI is InChI=1S/C12H14O4/c1-6(2)8-4-7(3)5-9(11(13)14)10(8)12(15)16/h4-6H,1-3H3,(H,13,14)(H,15,16). The number of hydrogen-bond donors (Lipinski definition) is 2. The predicted molar refractivity (Wildman–Crippen MR) is 59.2 cm³/mol. The van der Waals surface area contributed by atoms with Gasteiger partial charge in [-0.05, 0) is 30.0 Å². The first-order chi connectivity index (χ1) is 7.34. The van der Waals surface area contributed by atoms with E-state index in [1.807, 2.05) is 13.8 Å². The van der Waals surface area contributed by atoms with Crippen molar-refractivity contribution in [2.24, 2.45) is 0 Å². The van der Waals surface area contributed by atoms with Crippen LogP contribution in [0.2, 0.25) is 0 Å². The van der Waals surface area contributed by atoms with Gasteiger partial charge in [-0.1, -0.05) is 19.9 Å². The van der Waals surface area contributed by atoms with Crippen molar-refractivity contribution in [3.63, 3.8) is 0 Å². The minimum atomic E-state index is -1.21. The molecule has 4 heteroatoms. The maximum absolute atomic E-state index is 11.1. The number of benzene rings is 1. The predicted octanol–water partition coefficient (Wildman–Crippen LogP) is 2.51. The summed E-state index contributed by atoms with van der Waals surface area (Å²) in [5.74, 6) is -2.42. The fraction of sp³-hybridized carbons (Fsp3) is 0.333. The number of carboxylic acids is 2. The molecule has 0 unspecified atom stereocenters. The van der Waals surface area contributed by atoms with Crippen LogP contribution in [0, 0.1) is 6.92 Å². The number of carbonyl (C=O) groups is 2. The third-order valence-electron chi connectivity index (χ3n) is 2.38. The smallest absolute Gasteiger partial charge is 0.336 e. The highest BCUT2D eigenvalue weighted by molar-refractivity contribution is 6.03. The highest BCUT2D eigenvalue weighted by atomic mass is 16.4. The second kappa shape index (κ2) is 4.35. The molecule has 0 fully saturated rings. The zero-order valence-corrected chi connectivity index (χ0v) is 9.44. The first-order valence-corrected chi connectivity index (χ1v) is 4.95. The summed E-state index contributed by atoms with van der Waals surface area (Å²) >= 11 is 0. The Bertz CT molecular complexity index is 447. The van der Waals surface area contributed by atoms with E-state index in [2.05, 4.69) is 0 Å². The van der Waals surface area contributed by atoms with Crippen LogP contribution in [0.5, 0.6) is 0 Å². The highest BCUT2D eigenvalue weighted by Gasteiger charge is 2.22. The summed E-state index contributed by atoms with van der Waals surface area (Å²) in [7, 11) is 0. The molecule has 0 atom stereocenters. The van der Waals surface area contributed by atoms with Gasteiger partial charge in [-0.15, -0.1) is 0 Å². The summed E-state index contributed by atoms with van der Waals surface area (Å²) in [6.07, 6.45) is 0. The molecule has 0 saturated heterocycles. The van der Waals surface area contributed by atoms with Crippen molar-refractivity contribution >= 4 is 11.9 Å². The van der Waals surface area contributed by atoms with Crippen molar-refractivity contribution in [3.8, 4) is 0 Å².